The number of hydrogen-bond donors (Lipinski definition) is 1. The number of benzene rings is 1. The van der Waals surface area contributed by atoms with E-state index in [9.17, 15) is 4.79 Å². The lowest BCUT2D eigenvalue weighted by Gasteiger charge is -2.38. The van der Waals surface area contributed by atoms with Gasteiger partial charge in [0.25, 0.3) is 0 Å². The van der Waals surface area contributed by atoms with Crippen molar-refractivity contribution in [2.75, 3.05) is 31.6 Å². The first-order chi connectivity index (χ1) is 12.1. The topological polar surface area (TPSA) is 54.0 Å². The van der Waals surface area contributed by atoms with Crippen molar-refractivity contribution in [2.24, 2.45) is 0 Å². The van der Waals surface area contributed by atoms with E-state index in [1.165, 1.54) is 0 Å². The number of amides is 1. The molecule has 25 heavy (non-hydrogen) atoms. The number of carbonyl (C=O) groups is 1. The van der Waals surface area contributed by atoms with Crippen LogP contribution in [0, 0.1) is 0 Å². The molecule has 0 spiro atoms. The Morgan fingerprint density at radius 3 is 2.72 bits per heavy atom. The van der Waals surface area contributed by atoms with E-state index in [2.05, 4.69) is 10.2 Å². The number of para-hydroxylation sites is 2. The fourth-order valence-corrected chi connectivity index (χ4v) is 3.72. The zero-order chi connectivity index (χ0) is 17.8. The van der Waals surface area contributed by atoms with E-state index in [1.807, 2.05) is 43.0 Å². The number of anilines is 1. The van der Waals surface area contributed by atoms with Crippen LogP contribution < -0.4 is 10.1 Å². The minimum Gasteiger partial charge on any atom is -0.492 e. The van der Waals surface area contributed by atoms with Crippen LogP contribution in [0.1, 0.15) is 26.7 Å². The van der Waals surface area contributed by atoms with Crippen LogP contribution in [0.5, 0.6) is 5.75 Å². The van der Waals surface area contributed by atoms with Crippen molar-refractivity contribution in [2.45, 2.75) is 38.8 Å². The average molecular weight is 363 g/mol. The Bertz CT molecular complexity index is 632. The van der Waals surface area contributed by atoms with Crippen LogP contribution in [0.15, 0.2) is 24.3 Å². The van der Waals surface area contributed by atoms with Gasteiger partial charge in [-0.25, -0.2) is 4.79 Å². The minimum atomic E-state index is -0.183. The SMILES string of the molecule is CCOc1ccccc1NC(=S)N1CCC(N2C(=O)OCC2C)CC1. The second kappa shape index (κ2) is 7.91. The van der Waals surface area contributed by atoms with Crippen LogP contribution in [-0.4, -0.2) is 59.4 Å². The van der Waals surface area contributed by atoms with E-state index < -0.39 is 0 Å². The van der Waals surface area contributed by atoms with Crippen LogP contribution in [0.25, 0.3) is 0 Å². The number of ether oxygens (including phenoxy) is 2. The van der Waals surface area contributed by atoms with Gasteiger partial charge in [-0.2, -0.15) is 0 Å². The van der Waals surface area contributed by atoms with E-state index in [-0.39, 0.29) is 18.2 Å². The van der Waals surface area contributed by atoms with Crippen LogP contribution in [0.4, 0.5) is 10.5 Å². The molecule has 1 atom stereocenters. The molecular formula is C18H25N3O3S. The second-order valence-electron chi connectivity index (χ2n) is 6.41. The van der Waals surface area contributed by atoms with E-state index in [1.54, 1.807) is 0 Å². The molecule has 6 nitrogen and oxygen atoms in total. The molecule has 1 aromatic rings. The molecule has 0 aromatic heterocycles. The normalized spacial score (nSPS) is 21.2. The summed E-state index contributed by atoms with van der Waals surface area (Å²) in [5.74, 6) is 0.802. The summed E-state index contributed by atoms with van der Waals surface area (Å²) in [6, 6.07) is 8.20. The fraction of sp³-hybridized carbons (Fsp3) is 0.556. The summed E-state index contributed by atoms with van der Waals surface area (Å²) in [4.78, 5) is 15.9. The highest BCUT2D eigenvalue weighted by Gasteiger charge is 2.37. The predicted octanol–water partition coefficient (Wildman–Crippen LogP) is 3.09. The average Bonchev–Trinajstić information content (AvgIpc) is 2.95. The highest BCUT2D eigenvalue weighted by molar-refractivity contribution is 7.80. The summed E-state index contributed by atoms with van der Waals surface area (Å²) in [5, 5.41) is 3.99. The Labute approximate surface area is 154 Å². The van der Waals surface area contributed by atoms with Gasteiger partial charge >= 0.3 is 6.09 Å². The second-order valence-corrected chi connectivity index (χ2v) is 6.80. The van der Waals surface area contributed by atoms with Gasteiger partial charge in [0.2, 0.25) is 0 Å². The smallest absolute Gasteiger partial charge is 0.410 e. The summed E-state index contributed by atoms with van der Waals surface area (Å²) >= 11 is 5.57. The summed E-state index contributed by atoms with van der Waals surface area (Å²) in [7, 11) is 0. The maximum absolute atomic E-state index is 11.9. The summed E-state index contributed by atoms with van der Waals surface area (Å²) in [6.45, 7) is 6.75. The number of rotatable bonds is 4. The van der Waals surface area contributed by atoms with Crippen molar-refractivity contribution in [1.82, 2.24) is 9.80 Å². The number of cyclic esters (lactones) is 1. The van der Waals surface area contributed by atoms with Crippen molar-refractivity contribution in [3.05, 3.63) is 24.3 Å². The zero-order valence-electron chi connectivity index (χ0n) is 14.7. The van der Waals surface area contributed by atoms with Crippen molar-refractivity contribution in [3.63, 3.8) is 0 Å². The van der Waals surface area contributed by atoms with Gasteiger partial charge in [-0.1, -0.05) is 12.1 Å². The van der Waals surface area contributed by atoms with Crippen molar-refractivity contribution in [1.29, 1.82) is 0 Å². The number of likely N-dealkylation sites (tertiary alicyclic amines) is 1. The molecule has 0 radical (unpaired) electrons. The van der Waals surface area contributed by atoms with Gasteiger partial charge < -0.3 is 19.7 Å². The van der Waals surface area contributed by atoms with Gasteiger partial charge in [0.1, 0.15) is 12.4 Å². The van der Waals surface area contributed by atoms with Crippen LogP contribution >= 0.6 is 12.2 Å². The number of nitrogens with one attached hydrogen (secondary N) is 1. The van der Waals surface area contributed by atoms with Gasteiger partial charge in [0.05, 0.1) is 18.3 Å². The Balaban J connectivity index is 1.56. The first kappa shape index (κ1) is 17.8. The maximum Gasteiger partial charge on any atom is 0.410 e. The molecule has 1 N–H and O–H groups in total. The van der Waals surface area contributed by atoms with Gasteiger partial charge in [-0.3, -0.25) is 4.90 Å². The Morgan fingerprint density at radius 2 is 2.08 bits per heavy atom. The first-order valence-electron chi connectivity index (χ1n) is 8.83. The highest BCUT2D eigenvalue weighted by atomic mass is 32.1. The molecule has 0 saturated carbocycles. The molecule has 0 aliphatic carbocycles. The van der Waals surface area contributed by atoms with Crippen LogP contribution in [0.2, 0.25) is 0 Å². The van der Waals surface area contributed by atoms with E-state index in [4.69, 9.17) is 21.7 Å². The summed E-state index contributed by atoms with van der Waals surface area (Å²) in [6.07, 6.45) is 1.61. The molecule has 2 fully saturated rings. The third-order valence-electron chi connectivity index (χ3n) is 4.71. The van der Waals surface area contributed by atoms with Crippen LogP contribution in [0.3, 0.4) is 0 Å². The highest BCUT2D eigenvalue weighted by Crippen LogP contribution is 2.26. The molecule has 136 valence electrons. The largest absolute Gasteiger partial charge is 0.492 e. The number of piperidine rings is 1. The minimum absolute atomic E-state index is 0.159. The van der Waals surface area contributed by atoms with Gasteiger partial charge in [0, 0.05) is 19.1 Å². The third-order valence-corrected chi connectivity index (χ3v) is 5.07. The number of carbonyl (C=O) groups excluding carboxylic acids is 1. The first-order valence-corrected chi connectivity index (χ1v) is 9.23. The fourth-order valence-electron chi connectivity index (χ4n) is 3.43. The number of hydrogen-bond acceptors (Lipinski definition) is 4. The van der Waals surface area contributed by atoms with Crippen molar-refractivity contribution < 1.29 is 14.3 Å². The lowest BCUT2D eigenvalue weighted by molar-refractivity contribution is 0.125. The Kier molecular flexibility index (Phi) is 5.63. The summed E-state index contributed by atoms with van der Waals surface area (Å²) < 4.78 is 10.8. The quantitative estimate of drug-likeness (QED) is 0.830. The molecule has 2 heterocycles. The molecule has 2 aliphatic heterocycles. The molecule has 0 bridgehead atoms. The van der Waals surface area contributed by atoms with E-state index in [0.29, 0.717) is 18.3 Å². The molecule has 7 heteroatoms. The third kappa shape index (κ3) is 3.98. The van der Waals surface area contributed by atoms with Crippen LogP contribution in [-0.2, 0) is 4.74 Å². The van der Waals surface area contributed by atoms with Gasteiger partial charge in [0.15, 0.2) is 5.11 Å². The lowest BCUT2D eigenvalue weighted by atomic mass is 10.0. The molecule has 1 aromatic carbocycles. The maximum atomic E-state index is 11.9. The van der Waals surface area contributed by atoms with E-state index >= 15 is 0 Å². The Morgan fingerprint density at radius 1 is 1.36 bits per heavy atom. The molecule has 2 saturated heterocycles. The van der Waals surface area contributed by atoms with Gasteiger partial charge in [-0.15, -0.1) is 0 Å². The predicted molar refractivity (Wildman–Crippen MR) is 101 cm³/mol. The standard InChI is InChI=1S/C18H25N3O3S/c1-3-23-16-7-5-4-6-15(16)19-17(25)20-10-8-14(9-11-20)21-13(2)12-24-18(21)22/h4-7,13-14H,3,8-12H2,1-2H3,(H,19,25). The summed E-state index contributed by atoms with van der Waals surface area (Å²) in [5.41, 5.74) is 0.883. The Hall–Kier alpha value is -2.02. The lowest BCUT2D eigenvalue weighted by Crippen LogP contribution is -2.49. The monoisotopic (exact) mass is 363 g/mol. The van der Waals surface area contributed by atoms with Crippen molar-refractivity contribution >= 4 is 29.1 Å². The zero-order valence-corrected chi connectivity index (χ0v) is 15.6. The number of nitrogens with zero attached hydrogens (tertiary/aromatic N) is 2. The molecule has 2 aliphatic rings. The molecule has 3 rings (SSSR count). The molecular weight excluding hydrogens is 338 g/mol. The number of thiocarbonyl (C=S) groups is 1. The molecule has 1 amide bonds. The van der Waals surface area contributed by atoms with Crippen molar-refractivity contribution in [3.8, 4) is 5.75 Å². The van der Waals surface area contributed by atoms with E-state index in [0.717, 1.165) is 37.4 Å². The molecule has 1 unspecified atom stereocenters. The van der Waals surface area contributed by atoms with Gasteiger partial charge in [-0.05, 0) is 51.0 Å².